The quantitative estimate of drug-likeness (QED) is 0.733. The number of anilines is 1. The van der Waals surface area contributed by atoms with E-state index in [1.807, 2.05) is 13.8 Å². The summed E-state index contributed by atoms with van der Waals surface area (Å²) in [4.78, 5) is 18.3. The van der Waals surface area contributed by atoms with Crippen LogP contribution in [0.15, 0.2) is 12.4 Å². The van der Waals surface area contributed by atoms with Gasteiger partial charge in [0.05, 0.1) is 18.0 Å². The highest BCUT2D eigenvalue weighted by Crippen LogP contribution is 2.30. The second kappa shape index (κ2) is 4.89. The van der Waals surface area contributed by atoms with Crippen LogP contribution in [0.2, 0.25) is 0 Å². The van der Waals surface area contributed by atoms with Gasteiger partial charge < -0.3 is 15.5 Å². The zero-order valence-electron chi connectivity index (χ0n) is 11.1. The Balaban J connectivity index is 2.67. The summed E-state index contributed by atoms with van der Waals surface area (Å²) in [6, 6.07) is 0. The first kappa shape index (κ1) is 14.4. The number of carbonyl (C=O) groups is 1. The van der Waals surface area contributed by atoms with Crippen molar-refractivity contribution in [3.8, 4) is 0 Å². The van der Waals surface area contributed by atoms with Crippen LogP contribution in [0.1, 0.15) is 38.2 Å². The van der Waals surface area contributed by atoms with E-state index in [4.69, 9.17) is 5.11 Å². The average molecular weight is 253 g/mol. The fourth-order valence-corrected chi connectivity index (χ4v) is 1.06. The highest BCUT2D eigenvalue weighted by Gasteiger charge is 2.34. The second-order valence-corrected chi connectivity index (χ2v) is 5.39. The summed E-state index contributed by atoms with van der Waals surface area (Å²) in [5.74, 6) is -0.622. The second-order valence-electron chi connectivity index (χ2n) is 5.39. The Morgan fingerprint density at radius 1 is 1.28 bits per heavy atom. The molecule has 0 aliphatic rings. The Labute approximate surface area is 106 Å². The van der Waals surface area contributed by atoms with Gasteiger partial charge in [0, 0.05) is 12.0 Å². The van der Waals surface area contributed by atoms with Gasteiger partial charge in [-0.2, -0.15) is 0 Å². The summed E-state index contributed by atoms with van der Waals surface area (Å²) in [6.45, 7) is 7.84. The number of nitrogens with zero attached hydrogens (tertiary/aromatic N) is 2. The first-order chi connectivity index (χ1) is 8.13. The molecule has 100 valence electrons. The Morgan fingerprint density at radius 3 is 2.28 bits per heavy atom. The first-order valence-corrected chi connectivity index (χ1v) is 5.65. The van der Waals surface area contributed by atoms with Crippen LogP contribution < -0.4 is 5.32 Å². The lowest BCUT2D eigenvalue weighted by Gasteiger charge is -2.37. The molecule has 0 aliphatic carbocycles. The molecule has 0 aliphatic heterocycles. The number of hydrogen-bond donors (Lipinski definition) is 3. The van der Waals surface area contributed by atoms with E-state index < -0.39 is 11.6 Å². The molecule has 6 heteroatoms. The molecule has 1 heterocycles. The highest BCUT2D eigenvalue weighted by molar-refractivity contribution is 5.84. The van der Waals surface area contributed by atoms with Crippen molar-refractivity contribution in [2.45, 2.75) is 33.3 Å². The molecule has 0 aromatic carbocycles. The van der Waals surface area contributed by atoms with Crippen LogP contribution in [-0.4, -0.2) is 38.3 Å². The first-order valence-electron chi connectivity index (χ1n) is 5.65. The van der Waals surface area contributed by atoms with Gasteiger partial charge in [-0.1, -0.05) is 13.8 Å². The molecule has 0 unspecified atom stereocenters. The van der Waals surface area contributed by atoms with Crippen LogP contribution in [-0.2, 0) is 0 Å². The summed E-state index contributed by atoms with van der Waals surface area (Å²) >= 11 is 0. The minimum absolute atomic E-state index is 0.0951. The molecule has 0 atom stereocenters. The van der Waals surface area contributed by atoms with Gasteiger partial charge in [-0.05, 0) is 13.8 Å². The van der Waals surface area contributed by atoms with E-state index in [0.29, 0.717) is 12.4 Å². The summed E-state index contributed by atoms with van der Waals surface area (Å²) in [7, 11) is 0. The summed E-state index contributed by atoms with van der Waals surface area (Å²) in [6.07, 6.45) is 2.56. The molecular formula is C12H19N3O3. The molecule has 0 bridgehead atoms. The van der Waals surface area contributed by atoms with Crippen molar-refractivity contribution in [2.24, 2.45) is 5.41 Å². The number of carboxylic acids is 1. The largest absolute Gasteiger partial charge is 0.476 e. The number of aromatic carboxylic acids is 1. The predicted molar refractivity (Wildman–Crippen MR) is 67.6 cm³/mol. The van der Waals surface area contributed by atoms with Crippen molar-refractivity contribution < 1.29 is 15.0 Å². The molecule has 1 aromatic heterocycles. The molecule has 18 heavy (non-hydrogen) atoms. The van der Waals surface area contributed by atoms with Gasteiger partial charge in [-0.3, -0.25) is 0 Å². The van der Waals surface area contributed by atoms with Crippen molar-refractivity contribution >= 4 is 11.8 Å². The highest BCUT2D eigenvalue weighted by atomic mass is 16.4. The van der Waals surface area contributed by atoms with Gasteiger partial charge in [-0.15, -0.1) is 0 Å². The fourth-order valence-electron chi connectivity index (χ4n) is 1.06. The number of aromatic nitrogens is 2. The standard InChI is InChI=1S/C12H19N3O3/c1-11(2,12(3,4)18)7-15-9-6-13-8(5-14-9)10(16)17/h5-6,18H,7H2,1-4H3,(H,14,15)(H,16,17). The number of rotatable bonds is 5. The van der Waals surface area contributed by atoms with Crippen LogP contribution in [0, 0.1) is 5.41 Å². The fraction of sp³-hybridized carbons (Fsp3) is 0.583. The lowest BCUT2D eigenvalue weighted by molar-refractivity contribution is -0.0270. The molecule has 3 N–H and O–H groups in total. The van der Waals surface area contributed by atoms with Gasteiger partial charge in [0.25, 0.3) is 0 Å². The van der Waals surface area contributed by atoms with Gasteiger partial charge in [-0.25, -0.2) is 14.8 Å². The SMILES string of the molecule is CC(C)(O)C(C)(C)CNc1cnc(C(=O)O)cn1. The van der Waals surface area contributed by atoms with E-state index in [1.165, 1.54) is 12.4 Å². The molecule has 1 aromatic rings. The molecule has 0 amide bonds. The third kappa shape index (κ3) is 3.40. The minimum atomic E-state index is -1.11. The number of hydrogen-bond acceptors (Lipinski definition) is 5. The van der Waals surface area contributed by atoms with Gasteiger partial charge >= 0.3 is 5.97 Å². The van der Waals surface area contributed by atoms with Crippen LogP contribution >= 0.6 is 0 Å². The molecule has 0 saturated heterocycles. The van der Waals surface area contributed by atoms with Crippen LogP contribution in [0.25, 0.3) is 0 Å². The van der Waals surface area contributed by atoms with E-state index in [0.717, 1.165) is 0 Å². The zero-order chi connectivity index (χ0) is 14.0. The maximum absolute atomic E-state index is 10.6. The smallest absolute Gasteiger partial charge is 0.356 e. The maximum Gasteiger partial charge on any atom is 0.356 e. The van der Waals surface area contributed by atoms with E-state index in [1.54, 1.807) is 13.8 Å². The molecule has 0 fully saturated rings. The maximum atomic E-state index is 10.6. The summed E-state index contributed by atoms with van der Waals surface area (Å²) < 4.78 is 0. The van der Waals surface area contributed by atoms with E-state index in [9.17, 15) is 9.90 Å². The molecule has 1 rings (SSSR count). The van der Waals surface area contributed by atoms with E-state index in [-0.39, 0.29) is 11.1 Å². The summed E-state index contributed by atoms with van der Waals surface area (Å²) in [5, 5.41) is 21.7. The Morgan fingerprint density at radius 2 is 1.89 bits per heavy atom. The van der Waals surface area contributed by atoms with Gasteiger partial charge in [0.15, 0.2) is 5.69 Å². The third-order valence-electron chi connectivity index (χ3n) is 3.24. The van der Waals surface area contributed by atoms with Crippen molar-refractivity contribution in [1.29, 1.82) is 0 Å². The van der Waals surface area contributed by atoms with Gasteiger partial charge in [0.2, 0.25) is 0 Å². The van der Waals surface area contributed by atoms with Crippen molar-refractivity contribution in [2.75, 3.05) is 11.9 Å². The van der Waals surface area contributed by atoms with E-state index in [2.05, 4.69) is 15.3 Å². The minimum Gasteiger partial charge on any atom is -0.476 e. The molecule has 0 spiro atoms. The monoisotopic (exact) mass is 253 g/mol. The Bertz CT molecular complexity index is 421. The van der Waals surface area contributed by atoms with Crippen molar-refractivity contribution in [1.82, 2.24) is 9.97 Å². The number of aliphatic hydroxyl groups is 1. The van der Waals surface area contributed by atoms with Crippen molar-refractivity contribution in [3.63, 3.8) is 0 Å². The van der Waals surface area contributed by atoms with Gasteiger partial charge in [0.1, 0.15) is 5.82 Å². The normalized spacial score (nSPS) is 12.3. The Hall–Kier alpha value is -1.69. The van der Waals surface area contributed by atoms with Crippen LogP contribution in [0.3, 0.4) is 0 Å². The topological polar surface area (TPSA) is 95.3 Å². The molecule has 0 radical (unpaired) electrons. The van der Waals surface area contributed by atoms with E-state index >= 15 is 0 Å². The molecule has 6 nitrogen and oxygen atoms in total. The summed E-state index contributed by atoms with van der Waals surface area (Å²) in [5.41, 5.74) is -1.29. The zero-order valence-corrected chi connectivity index (χ0v) is 11.1. The molecule has 0 saturated carbocycles. The van der Waals surface area contributed by atoms with Crippen LogP contribution in [0.4, 0.5) is 5.82 Å². The van der Waals surface area contributed by atoms with Crippen molar-refractivity contribution in [3.05, 3.63) is 18.1 Å². The third-order valence-corrected chi connectivity index (χ3v) is 3.24. The number of carboxylic acid groups (broad SMARTS) is 1. The predicted octanol–water partition coefficient (Wildman–Crippen LogP) is 1.38. The lowest BCUT2D eigenvalue weighted by Crippen LogP contribution is -2.43. The average Bonchev–Trinajstić information content (AvgIpc) is 2.25. The Kier molecular flexibility index (Phi) is 3.91. The number of nitrogens with one attached hydrogen (secondary N) is 1. The van der Waals surface area contributed by atoms with Crippen LogP contribution in [0.5, 0.6) is 0 Å². The lowest BCUT2D eigenvalue weighted by atomic mass is 9.77. The molecular weight excluding hydrogens is 234 g/mol.